The van der Waals surface area contributed by atoms with Crippen LogP contribution in [0.2, 0.25) is 0 Å². The van der Waals surface area contributed by atoms with Gasteiger partial charge in [0.25, 0.3) is 0 Å². The van der Waals surface area contributed by atoms with Crippen LogP contribution in [0.15, 0.2) is 27.1 Å². The van der Waals surface area contributed by atoms with Gasteiger partial charge in [-0.2, -0.15) is 0 Å². The zero-order chi connectivity index (χ0) is 11.5. The molecular weight excluding hydrogens is 300 g/mol. The quantitative estimate of drug-likeness (QED) is 0.882. The van der Waals surface area contributed by atoms with Crippen molar-refractivity contribution >= 4 is 39.2 Å². The third-order valence-corrected chi connectivity index (χ3v) is 2.64. The number of aromatic nitrogens is 2. The Hall–Kier alpha value is -1.14. The summed E-state index contributed by atoms with van der Waals surface area (Å²) in [5, 5.41) is 10.2. The van der Waals surface area contributed by atoms with Gasteiger partial charge in [-0.3, -0.25) is 0 Å². The molecule has 1 heterocycles. The molecule has 0 atom stereocenters. The summed E-state index contributed by atoms with van der Waals surface area (Å²) in [6.45, 7) is 0. The van der Waals surface area contributed by atoms with Crippen molar-refractivity contribution in [1.82, 2.24) is 10.2 Å². The molecule has 0 unspecified atom stereocenters. The van der Waals surface area contributed by atoms with E-state index in [0.717, 1.165) is 0 Å². The van der Waals surface area contributed by atoms with E-state index in [1.165, 1.54) is 12.1 Å². The number of hydrogen-bond acceptors (Lipinski definition) is 4. The molecule has 0 aliphatic heterocycles. The van der Waals surface area contributed by atoms with E-state index in [1.807, 2.05) is 0 Å². The standard InChI is InChI=1S/C9H6BrClFN3O/c10-6-3-5(12)1-2-7(6)13-9-15-14-8(4-11)16-9/h1-3H,4H2,(H,13,15). The van der Waals surface area contributed by atoms with Gasteiger partial charge in [0.1, 0.15) is 11.7 Å². The van der Waals surface area contributed by atoms with E-state index < -0.39 is 0 Å². The topological polar surface area (TPSA) is 51.0 Å². The van der Waals surface area contributed by atoms with Crippen LogP contribution in [-0.2, 0) is 5.88 Å². The third-order valence-electron chi connectivity index (χ3n) is 1.75. The second-order valence-electron chi connectivity index (χ2n) is 2.88. The van der Waals surface area contributed by atoms with Crippen LogP contribution < -0.4 is 5.32 Å². The van der Waals surface area contributed by atoms with Gasteiger partial charge in [-0.05, 0) is 34.1 Å². The summed E-state index contributed by atoms with van der Waals surface area (Å²) in [6.07, 6.45) is 0. The van der Waals surface area contributed by atoms with Gasteiger partial charge in [-0.1, -0.05) is 5.10 Å². The van der Waals surface area contributed by atoms with Crippen molar-refractivity contribution in [3.63, 3.8) is 0 Å². The highest BCUT2D eigenvalue weighted by atomic mass is 79.9. The summed E-state index contributed by atoms with van der Waals surface area (Å²) in [4.78, 5) is 0. The number of nitrogens with zero attached hydrogens (tertiary/aromatic N) is 2. The lowest BCUT2D eigenvalue weighted by Gasteiger charge is -2.03. The highest BCUT2D eigenvalue weighted by Gasteiger charge is 2.07. The van der Waals surface area contributed by atoms with Crippen molar-refractivity contribution in [3.8, 4) is 0 Å². The van der Waals surface area contributed by atoms with E-state index in [4.69, 9.17) is 16.0 Å². The molecule has 1 aromatic heterocycles. The summed E-state index contributed by atoms with van der Waals surface area (Å²) in [7, 11) is 0. The van der Waals surface area contributed by atoms with E-state index in [2.05, 4.69) is 31.4 Å². The molecule has 2 rings (SSSR count). The molecule has 1 N–H and O–H groups in total. The smallest absolute Gasteiger partial charge is 0.320 e. The lowest BCUT2D eigenvalue weighted by atomic mass is 10.3. The van der Waals surface area contributed by atoms with Crippen molar-refractivity contribution < 1.29 is 8.81 Å². The maximum absolute atomic E-state index is 12.8. The predicted molar refractivity (Wildman–Crippen MR) is 61.2 cm³/mol. The highest BCUT2D eigenvalue weighted by molar-refractivity contribution is 9.10. The summed E-state index contributed by atoms with van der Waals surface area (Å²) in [5.41, 5.74) is 0.631. The first-order valence-corrected chi connectivity index (χ1v) is 5.62. The molecule has 0 amide bonds. The van der Waals surface area contributed by atoms with Crippen molar-refractivity contribution in [1.29, 1.82) is 0 Å². The van der Waals surface area contributed by atoms with Gasteiger partial charge in [-0.15, -0.1) is 16.7 Å². The molecule has 0 radical (unpaired) electrons. The first-order valence-electron chi connectivity index (χ1n) is 4.29. The van der Waals surface area contributed by atoms with E-state index in [1.54, 1.807) is 6.07 Å². The Kier molecular flexibility index (Phi) is 3.40. The van der Waals surface area contributed by atoms with E-state index in [-0.39, 0.29) is 17.7 Å². The average Bonchev–Trinajstić information content (AvgIpc) is 2.70. The normalized spacial score (nSPS) is 10.4. The van der Waals surface area contributed by atoms with Crippen molar-refractivity contribution in [3.05, 3.63) is 34.4 Å². The van der Waals surface area contributed by atoms with Gasteiger partial charge < -0.3 is 9.73 Å². The maximum atomic E-state index is 12.8. The molecule has 4 nitrogen and oxygen atoms in total. The summed E-state index contributed by atoms with van der Waals surface area (Å²) < 4.78 is 18.5. The summed E-state index contributed by atoms with van der Waals surface area (Å²) >= 11 is 8.72. The minimum Gasteiger partial charge on any atom is -0.407 e. The lowest BCUT2D eigenvalue weighted by molar-refractivity contribution is 0.530. The fourth-order valence-electron chi connectivity index (χ4n) is 1.06. The number of benzene rings is 1. The van der Waals surface area contributed by atoms with Crippen molar-refractivity contribution in [2.45, 2.75) is 5.88 Å². The van der Waals surface area contributed by atoms with Gasteiger partial charge in [0.15, 0.2) is 0 Å². The minimum atomic E-state index is -0.329. The Morgan fingerprint density at radius 1 is 1.44 bits per heavy atom. The van der Waals surface area contributed by atoms with Gasteiger partial charge in [0.2, 0.25) is 5.89 Å². The number of alkyl halides is 1. The lowest BCUT2D eigenvalue weighted by Crippen LogP contribution is -1.92. The number of halogens is 3. The van der Waals surface area contributed by atoms with Crippen LogP contribution in [0.5, 0.6) is 0 Å². The van der Waals surface area contributed by atoms with E-state index in [9.17, 15) is 4.39 Å². The zero-order valence-corrected chi connectivity index (χ0v) is 10.2. The van der Waals surface area contributed by atoms with Crippen molar-refractivity contribution in [2.24, 2.45) is 0 Å². The second kappa shape index (κ2) is 4.80. The Labute approximate surface area is 104 Å². The molecule has 0 saturated heterocycles. The Morgan fingerprint density at radius 2 is 2.25 bits per heavy atom. The van der Waals surface area contributed by atoms with Crippen LogP contribution in [0, 0.1) is 5.82 Å². The molecule has 0 fully saturated rings. The minimum absolute atomic E-state index is 0.152. The fourth-order valence-corrected chi connectivity index (χ4v) is 1.62. The molecule has 0 aliphatic rings. The fraction of sp³-hybridized carbons (Fsp3) is 0.111. The first kappa shape index (κ1) is 11.3. The van der Waals surface area contributed by atoms with Crippen LogP contribution in [0.25, 0.3) is 0 Å². The second-order valence-corrected chi connectivity index (χ2v) is 4.01. The largest absolute Gasteiger partial charge is 0.407 e. The average molecular weight is 307 g/mol. The summed E-state index contributed by atoms with van der Waals surface area (Å²) in [6, 6.07) is 4.43. The molecular formula is C9H6BrClFN3O. The number of hydrogen-bond donors (Lipinski definition) is 1. The molecule has 0 aliphatic carbocycles. The Bertz CT molecular complexity index is 505. The molecule has 7 heteroatoms. The Morgan fingerprint density at radius 3 is 2.88 bits per heavy atom. The molecule has 1 aromatic carbocycles. The monoisotopic (exact) mass is 305 g/mol. The molecule has 0 bridgehead atoms. The van der Waals surface area contributed by atoms with Crippen LogP contribution in [0.1, 0.15) is 5.89 Å². The van der Waals surface area contributed by atoms with Gasteiger partial charge >= 0.3 is 6.01 Å². The Balaban J connectivity index is 2.20. The molecule has 2 aromatic rings. The molecule has 0 saturated carbocycles. The predicted octanol–water partition coefficient (Wildman–Crippen LogP) is 3.45. The van der Waals surface area contributed by atoms with Crippen LogP contribution >= 0.6 is 27.5 Å². The number of rotatable bonds is 3. The van der Waals surface area contributed by atoms with Gasteiger partial charge in [0, 0.05) is 4.47 Å². The van der Waals surface area contributed by atoms with E-state index in [0.29, 0.717) is 16.1 Å². The zero-order valence-electron chi connectivity index (χ0n) is 7.88. The molecule has 16 heavy (non-hydrogen) atoms. The maximum Gasteiger partial charge on any atom is 0.320 e. The van der Waals surface area contributed by atoms with Crippen LogP contribution in [-0.4, -0.2) is 10.2 Å². The molecule has 0 spiro atoms. The van der Waals surface area contributed by atoms with E-state index >= 15 is 0 Å². The third kappa shape index (κ3) is 2.51. The highest BCUT2D eigenvalue weighted by Crippen LogP contribution is 2.26. The van der Waals surface area contributed by atoms with Gasteiger partial charge in [0.05, 0.1) is 5.69 Å². The van der Waals surface area contributed by atoms with Crippen LogP contribution in [0.3, 0.4) is 0 Å². The SMILES string of the molecule is Fc1ccc(Nc2nnc(CCl)o2)c(Br)c1. The molecule has 84 valence electrons. The van der Waals surface area contributed by atoms with Crippen molar-refractivity contribution in [2.75, 3.05) is 5.32 Å². The number of anilines is 2. The van der Waals surface area contributed by atoms with Crippen LogP contribution in [0.4, 0.5) is 16.1 Å². The summed E-state index contributed by atoms with van der Waals surface area (Å²) in [5.74, 6) is 0.144. The first-order chi connectivity index (χ1) is 7.69. The van der Waals surface area contributed by atoms with Gasteiger partial charge in [-0.25, -0.2) is 4.39 Å². The number of nitrogens with one attached hydrogen (secondary N) is 1.